The molecule has 5 heteroatoms. The third-order valence-electron chi connectivity index (χ3n) is 2.96. The van der Waals surface area contributed by atoms with Crippen molar-refractivity contribution in [3.63, 3.8) is 0 Å². The first-order valence-corrected chi connectivity index (χ1v) is 6.77. The van der Waals surface area contributed by atoms with Crippen molar-refractivity contribution in [2.24, 2.45) is 0 Å². The van der Waals surface area contributed by atoms with Crippen molar-refractivity contribution in [3.05, 3.63) is 53.6 Å². The fourth-order valence-electron chi connectivity index (χ4n) is 1.96. The van der Waals surface area contributed by atoms with Crippen LogP contribution in [-0.4, -0.2) is 26.0 Å². The topological polar surface area (TPSA) is 61.8 Å². The molecule has 2 rings (SSSR count). The van der Waals surface area contributed by atoms with Crippen LogP contribution in [0, 0.1) is 0 Å². The largest absolute Gasteiger partial charge is 0.493 e. The maximum atomic E-state index is 12.4. The number of methoxy groups -OCH3 is 1. The van der Waals surface area contributed by atoms with E-state index in [2.05, 4.69) is 0 Å². The molecule has 22 heavy (non-hydrogen) atoms. The lowest BCUT2D eigenvalue weighted by Gasteiger charge is -2.13. The minimum atomic E-state index is -0.614. The summed E-state index contributed by atoms with van der Waals surface area (Å²) in [4.78, 5) is 23.5. The van der Waals surface area contributed by atoms with Gasteiger partial charge in [0.1, 0.15) is 11.3 Å². The maximum Gasteiger partial charge on any atom is 0.347 e. The van der Waals surface area contributed by atoms with E-state index >= 15 is 0 Å². The molecule has 5 nitrogen and oxygen atoms in total. The highest BCUT2D eigenvalue weighted by Gasteiger charge is 2.19. The van der Waals surface area contributed by atoms with E-state index in [0.717, 1.165) is 0 Å². The number of esters is 1. The molecule has 0 aromatic heterocycles. The fraction of sp³-hybridized carbons (Fsp3) is 0.176. The fourth-order valence-corrected chi connectivity index (χ4v) is 1.96. The van der Waals surface area contributed by atoms with Gasteiger partial charge in [-0.1, -0.05) is 18.2 Å². The molecule has 0 aliphatic heterocycles. The molecule has 0 bridgehead atoms. The Bertz CT molecular complexity index is 678. The summed E-state index contributed by atoms with van der Waals surface area (Å²) in [6.07, 6.45) is 0.611. The number of hydrogen-bond donors (Lipinski definition) is 0. The second-order valence-corrected chi connectivity index (χ2v) is 4.32. The maximum absolute atomic E-state index is 12.4. The Labute approximate surface area is 128 Å². The van der Waals surface area contributed by atoms with Crippen molar-refractivity contribution >= 4 is 12.3 Å². The highest BCUT2D eigenvalue weighted by atomic mass is 16.6. The normalized spacial score (nSPS) is 9.91. The van der Waals surface area contributed by atoms with E-state index in [1.54, 1.807) is 42.5 Å². The average Bonchev–Trinajstić information content (AvgIpc) is 2.55. The molecule has 0 fully saturated rings. The number of carbonyl (C=O) groups excluding carboxylic acids is 2. The number of rotatable bonds is 6. The van der Waals surface area contributed by atoms with E-state index < -0.39 is 5.97 Å². The van der Waals surface area contributed by atoms with Gasteiger partial charge in [-0.15, -0.1) is 0 Å². The van der Waals surface area contributed by atoms with Crippen molar-refractivity contribution in [2.75, 3.05) is 13.7 Å². The highest BCUT2D eigenvalue weighted by Crippen LogP contribution is 2.31. The van der Waals surface area contributed by atoms with E-state index in [0.29, 0.717) is 24.4 Å². The van der Waals surface area contributed by atoms with Crippen LogP contribution in [0.15, 0.2) is 42.5 Å². The Kier molecular flexibility index (Phi) is 5.14. The minimum Gasteiger partial charge on any atom is -0.493 e. The van der Waals surface area contributed by atoms with Gasteiger partial charge in [0, 0.05) is 0 Å². The summed E-state index contributed by atoms with van der Waals surface area (Å²) < 4.78 is 15.9. The molecule has 0 N–H and O–H groups in total. The van der Waals surface area contributed by atoms with Gasteiger partial charge in [-0.05, 0) is 31.2 Å². The molecule has 2 aromatic rings. The lowest BCUT2D eigenvalue weighted by Crippen LogP contribution is -2.12. The van der Waals surface area contributed by atoms with E-state index in [4.69, 9.17) is 14.2 Å². The lowest BCUT2D eigenvalue weighted by atomic mass is 10.2. The molecule has 0 saturated heterocycles. The van der Waals surface area contributed by atoms with Gasteiger partial charge in [0.25, 0.3) is 0 Å². The van der Waals surface area contributed by atoms with Crippen LogP contribution in [0.2, 0.25) is 0 Å². The Hall–Kier alpha value is -2.82. The molecular formula is C17H16O5. The van der Waals surface area contributed by atoms with Gasteiger partial charge in [0.15, 0.2) is 17.8 Å². The van der Waals surface area contributed by atoms with Crippen LogP contribution in [0.4, 0.5) is 0 Å². The molecule has 0 atom stereocenters. The predicted molar refractivity (Wildman–Crippen MR) is 81.0 cm³/mol. The number of aldehydes is 1. The van der Waals surface area contributed by atoms with Crippen molar-refractivity contribution in [1.82, 2.24) is 0 Å². The zero-order chi connectivity index (χ0) is 15.9. The SMILES string of the molecule is CCOc1ccccc1C(=O)Oc1c(C=O)cccc1OC. The van der Waals surface area contributed by atoms with Crippen molar-refractivity contribution < 1.29 is 23.8 Å². The number of hydrogen-bond acceptors (Lipinski definition) is 5. The van der Waals surface area contributed by atoms with E-state index in [9.17, 15) is 9.59 Å². The number of benzene rings is 2. The number of ether oxygens (including phenoxy) is 3. The molecule has 0 aliphatic rings. The van der Waals surface area contributed by atoms with E-state index in [1.165, 1.54) is 7.11 Å². The Morgan fingerprint density at radius 2 is 1.82 bits per heavy atom. The smallest absolute Gasteiger partial charge is 0.347 e. The van der Waals surface area contributed by atoms with Crippen LogP contribution in [-0.2, 0) is 0 Å². The molecule has 0 radical (unpaired) electrons. The summed E-state index contributed by atoms with van der Waals surface area (Å²) in [6, 6.07) is 11.6. The molecule has 0 unspecified atom stereocenters. The van der Waals surface area contributed by atoms with Crippen LogP contribution < -0.4 is 14.2 Å². The first-order valence-electron chi connectivity index (χ1n) is 6.77. The molecule has 0 saturated carbocycles. The van der Waals surface area contributed by atoms with Gasteiger partial charge in [-0.2, -0.15) is 0 Å². The zero-order valence-electron chi connectivity index (χ0n) is 12.4. The van der Waals surface area contributed by atoms with Gasteiger partial charge < -0.3 is 14.2 Å². The Morgan fingerprint density at radius 1 is 1.09 bits per heavy atom. The van der Waals surface area contributed by atoms with Crippen LogP contribution in [0.5, 0.6) is 17.2 Å². The Balaban J connectivity index is 2.36. The zero-order valence-corrected chi connectivity index (χ0v) is 12.4. The molecule has 0 amide bonds. The summed E-state index contributed by atoms with van der Waals surface area (Å²) in [5.41, 5.74) is 0.522. The standard InChI is InChI=1S/C17H16O5/c1-3-21-14-9-5-4-8-13(14)17(19)22-16-12(11-18)7-6-10-15(16)20-2/h4-11H,3H2,1-2H3. The molecule has 0 spiro atoms. The van der Waals surface area contributed by atoms with Crippen LogP contribution >= 0.6 is 0 Å². The minimum absolute atomic E-state index is 0.0938. The molecule has 0 heterocycles. The summed E-state index contributed by atoms with van der Waals surface area (Å²) >= 11 is 0. The van der Waals surface area contributed by atoms with Crippen molar-refractivity contribution in [2.45, 2.75) is 6.92 Å². The van der Waals surface area contributed by atoms with Crippen LogP contribution in [0.25, 0.3) is 0 Å². The summed E-state index contributed by atoms with van der Waals surface area (Å²) in [5.74, 6) is 0.220. The molecule has 114 valence electrons. The van der Waals surface area contributed by atoms with Gasteiger partial charge in [0.2, 0.25) is 0 Å². The number of para-hydroxylation sites is 2. The first-order chi connectivity index (χ1) is 10.7. The lowest BCUT2D eigenvalue weighted by molar-refractivity contribution is 0.0724. The van der Waals surface area contributed by atoms with Gasteiger partial charge in [-0.25, -0.2) is 4.79 Å². The molecular weight excluding hydrogens is 284 g/mol. The Morgan fingerprint density at radius 3 is 2.50 bits per heavy atom. The van der Waals surface area contributed by atoms with E-state index in [-0.39, 0.29) is 16.9 Å². The van der Waals surface area contributed by atoms with Gasteiger partial charge >= 0.3 is 5.97 Å². The number of carbonyl (C=O) groups is 2. The van der Waals surface area contributed by atoms with E-state index in [1.807, 2.05) is 6.92 Å². The summed E-state index contributed by atoms with van der Waals surface area (Å²) in [6.45, 7) is 2.26. The summed E-state index contributed by atoms with van der Waals surface area (Å²) in [5, 5.41) is 0. The predicted octanol–water partition coefficient (Wildman–Crippen LogP) is 3.13. The van der Waals surface area contributed by atoms with Crippen LogP contribution in [0.1, 0.15) is 27.6 Å². The summed E-state index contributed by atoms with van der Waals surface area (Å²) in [7, 11) is 1.44. The van der Waals surface area contributed by atoms with Gasteiger partial charge in [-0.3, -0.25) is 4.79 Å². The molecule has 0 aliphatic carbocycles. The second-order valence-electron chi connectivity index (χ2n) is 4.32. The average molecular weight is 300 g/mol. The monoisotopic (exact) mass is 300 g/mol. The molecule has 2 aromatic carbocycles. The quantitative estimate of drug-likeness (QED) is 0.466. The second kappa shape index (κ2) is 7.26. The van der Waals surface area contributed by atoms with Crippen molar-refractivity contribution in [3.8, 4) is 17.2 Å². The third kappa shape index (κ3) is 3.25. The first kappa shape index (κ1) is 15.6. The third-order valence-corrected chi connectivity index (χ3v) is 2.96. The van der Waals surface area contributed by atoms with Crippen LogP contribution in [0.3, 0.4) is 0 Å². The van der Waals surface area contributed by atoms with Crippen molar-refractivity contribution in [1.29, 1.82) is 0 Å². The van der Waals surface area contributed by atoms with Gasteiger partial charge in [0.05, 0.1) is 19.3 Å². The highest BCUT2D eigenvalue weighted by molar-refractivity contribution is 5.95.